The first-order chi connectivity index (χ1) is 19.8. The van der Waals surface area contributed by atoms with Gasteiger partial charge in [-0.3, -0.25) is 14.9 Å². The highest BCUT2D eigenvalue weighted by molar-refractivity contribution is 7.91. The highest BCUT2D eigenvalue weighted by Gasteiger charge is 2.45. The van der Waals surface area contributed by atoms with E-state index in [1.54, 1.807) is 18.6 Å². The molecule has 3 N–H and O–H groups in total. The van der Waals surface area contributed by atoms with Gasteiger partial charge in [0, 0.05) is 53.3 Å². The fraction of sp³-hybridized carbons (Fsp3) is 0.276. The van der Waals surface area contributed by atoms with Crippen LogP contribution >= 0.6 is 0 Å². The topological polar surface area (TPSA) is 152 Å². The molecule has 0 radical (unpaired) electrons. The van der Waals surface area contributed by atoms with E-state index in [-0.39, 0.29) is 34.6 Å². The lowest BCUT2D eigenvalue weighted by atomic mass is 9.87. The first-order valence-electron chi connectivity index (χ1n) is 13.5. The van der Waals surface area contributed by atoms with Gasteiger partial charge in [0.25, 0.3) is 5.91 Å². The number of hydrogen-bond donors (Lipinski definition) is 2. The number of amides is 1. The van der Waals surface area contributed by atoms with Crippen LogP contribution < -0.4 is 5.73 Å². The molecule has 0 spiro atoms. The van der Waals surface area contributed by atoms with E-state index in [0.29, 0.717) is 35.3 Å². The number of nitrogens with zero attached hydrogens (tertiary/aromatic N) is 6. The van der Waals surface area contributed by atoms with Crippen LogP contribution in [-0.2, 0) is 9.84 Å². The summed E-state index contributed by atoms with van der Waals surface area (Å²) in [5.41, 5.74) is 11.3. The molecule has 2 aliphatic heterocycles. The summed E-state index contributed by atoms with van der Waals surface area (Å²) in [7, 11) is -3.73. The molecule has 0 aliphatic carbocycles. The van der Waals surface area contributed by atoms with Crippen molar-refractivity contribution in [2.45, 2.75) is 48.6 Å². The van der Waals surface area contributed by atoms with E-state index in [1.807, 2.05) is 47.4 Å². The summed E-state index contributed by atoms with van der Waals surface area (Å²) in [6.07, 6.45) is 10.6. The third-order valence-corrected chi connectivity index (χ3v) is 9.44. The summed E-state index contributed by atoms with van der Waals surface area (Å²) in [6.45, 7) is 0. The molecular weight excluding hydrogens is 540 g/mol. The van der Waals surface area contributed by atoms with Crippen LogP contribution in [0.4, 0.5) is 5.82 Å². The van der Waals surface area contributed by atoms with Gasteiger partial charge in [0.1, 0.15) is 10.7 Å². The van der Waals surface area contributed by atoms with Crippen LogP contribution in [0.25, 0.3) is 28.0 Å². The van der Waals surface area contributed by atoms with Gasteiger partial charge in [-0.2, -0.15) is 14.7 Å². The summed E-state index contributed by atoms with van der Waals surface area (Å²) in [5, 5.41) is 11.0. The van der Waals surface area contributed by atoms with E-state index >= 15 is 0 Å². The highest BCUT2D eigenvalue weighted by atomic mass is 32.2. The lowest BCUT2D eigenvalue weighted by Gasteiger charge is -2.39. The SMILES string of the molecule is CS(=O)(=O)c1c([C@H]2C[C@H]3CC[C@@H](C2)N3C(=O)c2cn[nH]c2)nc2c(-c3ccc(-c4ccccc4)nc3)cnn2c1N. The predicted molar refractivity (Wildman–Crippen MR) is 153 cm³/mol. The van der Waals surface area contributed by atoms with Gasteiger partial charge in [-0.15, -0.1) is 0 Å². The van der Waals surface area contributed by atoms with E-state index in [4.69, 9.17) is 10.7 Å². The van der Waals surface area contributed by atoms with Crippen LogP contribution in [0, 0.1) is 0 Å². The number of hydrogen-bond acceptors (Lipinski definition) is 8. The molecule has 6 heterocycles. The van der Waals surface area contributed by atoms with Crippen molar-refractivity contribution in [1.82, 2.24) is 34.7 Å². The molecule has 12 heteroatoms. The van der Waals surface area contributed by atoms with Crippen molar-refractivity contribution in [2.24, 2.45) is 0 Å². The second-order valence-corrected chi connectivity index (χ2v) is 12.8. The maximum absolute atomic E-state index is 13.2. The third-order valence-electron chi connectivity index (χ3n) is 8.28. The normalized spacial score (nSPS) is 20.5. The van der Waals surface area contributed by atoms with E-state index in [1.165, 1.54) is 10.7 Å². The van der Waals surface area contributed by atoms with Gasteiger partial charge in [0.2, 0.25) is 0 Å². The van der Waals surface area contributed by atoms with Gasteiger partial charge in [0.05, 0.1) is 29.3 Å². The minimum atomic E-state index is -3.73. The maximum atomic E-state index is 13.2. The van der Waals surface area contributed by atoms with E-state index in [2.05, 4.69) is 20.3 Å². The summed E-state index contributed by atoms with van der Waals surface area (Å²) in [5.74, 6) is -0.198. The van der Waals surface area contributed by atoms with Crippen molar-refractivity contribution in [1.29, 1.82) is 0 Å². The molecule has 7 rings (SSSR count). The van der Waals surface area contributed by atoms with Crippen LogP contribution in [0.5, 0.6) is 0 Å². The molecule has 4 aromatic heterocycles. The summed E-state index contributed by atoms with van der Waals surface area (Å²) >= 11 is 0. The number of H-pyrrole nitrogens is 1. The molecule has 1 aromatic carbocycles. The number of sulfone groups is 1. The molecular formula is C29H28N8O3S. The molecule has 1 amide bonds. The Morgan fingerprint density at radius 3 is 2.39 bits per heavy atom. The van der Waals surface area contributed by atoms with Gasteiger partial charge in [0.15, 0.2) is 15.5 Å². The molecule has 0 saturated carbocycles. The lowest BCUT2D eigenvalue weighted by Crippen LogP contribution is -2.46. The zero-order chi connectivity index (χ0) is 28.3. The van der Waals surface area contributed by atoms with Crippen molar-refractivity contribution in [2.75, 3.05) is 12.0 Å². The number of rotatable bonds is 5. The van der Waals surface area contributed by atoms with Crippen molar-refractivity contribution >= 4 is 27.2 Å². The van der Waals surface area contributed by atoms with Crippen molar-refractivity contribution < 1.29 is 13.2 Å². The molecule has 41 heavy (non-hydrogen) atoms. The van der Waals surface area contributed by atoms with Gasteiger partial charge >= 0.3 is 0 Å². The number of nitrogens with one attached hydrogen (secondary N) is 1. The van der Waals surface area contributed by atoms with Gasteiger partial charge < -0.3 is 10.6 Å². The standard InChI is InChI=1S/C29H28N8O3S/c1-41(39,40)26-25(19-11-21-8-9-22(12-19)36(21)29(38)20-14-32-33-15-20)35-28-23(16-34-37(28)27(26)30)18-7-10-24(31-13-18)17-5-3-2-4-6-17/h2-7,10,13-16,19,21-22H,8-9,11-12,30H2,1H3,(H,32,33)/t19-,21+,22-. The molecule has 2 fully saturated rings. The number of nitrogens with two attached hydrogens (primary N) is 1. The Labute approximate surface area is 236 Å². The van der Waals surface area contributed by atoms with Crippen LogP contribution in [0.1, 0.15) is 47.7 Å². The number of aromatic nitrogens is 6. The molecule has 2 aliphatic rings. The zero-order valence-corrected chi connectivity index (χ0v) is 23.1. The number of carbonyl (C=O) groups is 1. The van der Waals surface area contributed by atoms with Gasteiger partial charge in [-0.25, -0.2) is 13.4 Å². The Balaban J connectivity index is 1.29. The summed E-state index contributed by atoms with van der Waals surface area (Å²) in [6, 6.07) is 13.7. The summed E-state index contributed by atoms with van der Waals surface area (Å²) in [4.78, 5) is 24.8. The number of pyridine rings is 1. The van der Waals surface area contributed by atoms with Gasteiger partial charge in [-0.05, 0) is 31.7 Å². The third kappa shape index (κ3) is 4.26. The predicted octanol–water partition coefficient (Wildman–Crippen LogP) is 3.72. The van der Waals surface area contributed by atoms with E-state index in [0.717, 1.165) is 35.9 Å². The van der Waals surface area contributed by atoms with Crippen LogP contribution in [-0.4, -0.2) is 67.3 Å². The Morgan fingerprint density at radius 2 is 1.76 bits per heavy atom. The largest absolute Gasteiger partial charge is 0.382 e. The molecule has 2 bridgehead atoms. The number of fused-ring (bicyclic) bond motifs is 3. The Bertz CT molecular complexity index is 1850. The van der Waals surface area contributed by atoms with Crippen LogP contribution in [0.2, 0.25) is 0 Å². The minimum absolute atomic E-state index is 0.0104. The van der Waals surface area contributed by atoms with Crippen molar-refractivity contribution in [3.8, 4) is 22.4 Å². The van der Waals surface area contributed by atoms with Crippen LogP contribution in [0.3, 0.4) is 0 Å². The molecule has 0 unspecified atom stereocenters. The number of benzene rings is 1. The number of piperidine rings is 1. The first-order valence-corrected chi connectivity index (χ1v) is 15.4. The average Bonchev–Trinajstić information content (AvgIpc) is 3.71. The number of aromatic amines is 1. The fourth-order valence-electron chi connectivity index (χ4n) is 6.46. The highest BCUT2D eigenvalue weighted by Crippen LogP contribution is 2.45. The average molecular weight is 569 g/mol. The Kier molecular flexibility index (Phi) is 5.89. The molecule has 5 aromatic rings. The minimum Gasteiger partial charge on any atom is -0.382 e. The quantitative estimate of drug-likeness (QED) is 0.325. The fourth-order valence-corrected chi connectivity index (χ4v) is 7.52. The molecule has 11 nitrogen and oxygen atoms in total. The summed E-state index contributed by atoms with van der Waals surface area (Å²) < 4.78 is 27.5. The van der Waals surface area contributed by atoms with E-state index in [9.17, 15) is 13.2 Å². The van der Waals surface area contributed by atoms with Crippen LogP contribution in [0.15, 0.2) is 72.1 Å². The Hall–Kier alpha value is -4.58. The molecule has 3 atom stereocenters. The lowest BCUT2D eigenvalue weighted by molar-refractivity contribution is 0.0568. The molecule has 2 saturated heterocycles. The number of anilines is 1. The zero-order valence-electron chi connectivity index (χ0n) is 22.3. The van der Waals surface area contributed by atoms with Crippen molar-refractivity contribution in [3.05, 3.63) is 78.5 Å². The maximum Gasteiger partial charge on any atom is 0.257 e. The Morgan fingerprint density at radius 1 is 1.00 bits per heavy atom. The monoisotopic (exact) mass is 568 g/mol. The molecule has 208 valence electrons. The van der Waals surface area contributed by atoms with Gasteiger partial charge in [-0.1, -0.05) is 36.4 Å². The van der Waals surface area contributed by atoms with E-state index < -0.39 is 9.84 Å². The van der Waals surface area contributed by atoms with Crippen molar-refractivity contribution in [3.63, 3.8) is 0 Å². The first kappa shape index (κ1) is 25.4. The number of nitrogen functional groups attached to an aromatic ring is 1. The smallest absolute Gasteiger partial charge is 0.257 e. The second-order valence-electron chi connectivity index (χ2n) is 10.8. The second kappa shape index (κ2) is 9.51. The number of carbonyl (C=O) groups excluding carboxylic acids is 1.